The molecule has 7 heteroatoms. The van der Waals surface area contributed by atoms with Gasteiger partial charge >= 0.3 is 0 Å². The number of ether oxygens (including phenoxy) is 1. The van der Waals surface area contributed by atoms with Gasteiger partial charge in [-0.2, -0.15) is 5.10 Å². The molecule has 0 unspecified atom stereocenters. The van der Waals surface area contributed by atoms with Crippen LogP contribution >= 0.6 is 0 Å². The quantitative estimate of drug-likeness (QED) is 0.243. The lowest BCUT2D eigenvalue weighted by Crippen LogP contribution is -2.21. The van der Waals surface area contributed by atoms with Gasteiger partial charge in [0, 0.05) is 11.4 Å². The summed E-state index contributed by atoms with van der Waals surface area (Å²) in [6.45, 7) is 2.10. The minimum Gasteiger partial charge on any atom is -0.507 e. The molecule has 0 heterocycles. The zero-order valence-electron chi connectivity index (χ0n) is 19.2. The van der Waals surface area contributed by atoms with Gasteiger partial charge in [0.15, 0.2) is 0 Å². The fourth-order valence-corrected chi connectivity index (χ4v) is 3.47. The smallest absolute Gasteiger partial charge is 0.275 e. The molecule has 176 valence electrons. The average Bonchev–Trinajstić information content (AvgIpc) is 2.87. The molecule has 7 nitrogen and oxygen atoms in total. The third-order valence-electron chi connectivity index (χ3n) is 5.26. The summed E-state index contributed by atoms with van der Waals surface area (Å²) in [6.07, 6.45) is -0.00373. The molecule has 0 radical (unpaired) electrons. The van der Waals surface area contributed by atoms with Crippen LogP contribution in [0.25, 0.3) is 10.8 Å². The summed E-state index contributed by atoms with van der Waals surface area (Å²) < 4.78 is 5.75. The highest BCUT2D eigenvalue weighted by Crippen LogP contribution is 2.25. The van der Waals surface area contributed by atoms with E-state index in [4.69, 9.17) is 4.74 Å². The number of carbonyl (C=O) groups is 2. The average molecular weight is 468 g/mol. The topological polar surface area (TPSA) is 100 Å². The van der Waals surface area contributed by atoms with Crippen molar-refractivity contribution < 1.29 is 19.4 Å². The molecule has 0 spiro atoms. The second kappa shape index (κ2) is 11.0. The molecule has 2 amide bonds. The number of nitrogens with zero attached hydrogens (tertiary/aromatic N) is 1. The number of hydrogen-bond acceptors (Lipinski definition) is 5. The first kappa shape index (κ1) is 23.5. The molecular formula is C28H25N3O4. The number of amides is 2. The zero-order chi connectivity index (χ0) is 24.6. The van der Waals surface area contributed by atoms with Gasteiger partial charge in [0.25, 0.3) is 5.91 Å². The van der Waals surface area contributed by atoms with Crippen molar-refractivity contribution in [3.05, 3.63) is 102 Å². The van der Waals surface area contributed by atoms with Crippen molar-refractivity contribution in [1.29, 1.82) is 0 Å². The van der Waals surface area contributed by atoms with Gasteiger partial charge in [-0.3, -0.25) is 9.59 Å². The van der Waals surface area contributed by atoms with Gasteiger partial charge < -0.3 is 15.2 Å². The van der Waals surface area contributed by atoms with Gasteiger partial charge in [0.2, 0.25) is 5.91 Å². The van der Waals surface area contributed by atoms with E-state index in [0.717, 1.165) is 16.3 Å². The Morgan fingerprint density at radius 2 is 1.54 bits per heavy atom. The van der Waals surface area contributed by atoms with Gasteiger partial charge in [0.05, 0.1) is 12.0 Å². The van der Waals surface area contributed by atoms with Gasteiger partial charge in [-0.15, -0.1) is 0 Å². The Hall–Kier alpha value is -4.65. The van der Waals surface area contributed by atoms with Crippen LogP contribution in [0.2, 0.25) is 0 Å². The number of nitrogens with one attached hydrogen (secondary N) is 2. The van der Waals surface area contributed by atoms with E-state index in [1.165, 1.54) is 6.07 Å². The summed E-state index contributed by atoms with van der Waals surface area (Å²) in [5.74, 6) is -0.265. The zero-order valence-corrected chi connectivity index (χ0v) is 19.2. The summed E-state index contributed by atoms with van der Waals surface area (Å²) in [5.41, 5.74) is 4.62. The molecule has 0 aliphatic rings. The number of fused-ring (bicyclic) bond motifs is 1. The molecule has 0 atom stereocenters. The van der Waals surface area contributed by atoms with E-state index in [0.29, 0.717) is 23.8 Å². The second-order valence-corrected chi connectivity index (χ2v) is 8.03. The molecule has 0 saturated heterocycles. The molecule has 4 aromatic rings. The van der Waals surface area contributed by atoms with E-state index in [-0.39, 0.29) is 23.6 Å². The summed E-state index contributed by atoms with van der Waals surface area (Å²) >= 11 is 0. The van der Waals surface area contributed by atoms with Crippen molar-refractivity contribution in [2.45, 2.75) is 20.0 Å². The number of benzene rings is 4. The first-order valence-electron chi connectivity index (χ1n) is 11.1. The van der Waals surface area contributed by atoms with Crippen molar-refractivity contribution in [2.75, 3.05) is 5.32 Å². The van der Waals surface area contributed by atoms with Crippen LogP contribution in [-0.2, 0) is 11.4 Å². The maximum atomic E-state index is 12.5. The number of phenolic OH excluding ortho intramolecular Hbond substituents is 1. The number of hydrazone groups is 1. The summed E-state index contributed by atoms with van der Waals surface area (Å²) in [5, 5.41) is 18.6. The van der Waals surface area contributed by atoms with Crippen LogP contribution in [-0.4, -0.2) is 22.6 Å². The number of carbonyl (C=O) groups excluding carboxylic acids is 2. The van der Waals surface area contributed by atoms with Crippen LogP contribution < -0.4 is 15.5 Å². The predicted molar refractivity (Wildman–Crippen MR) is 137 cm³/mol. The predicted octanol–water partition coefficient (Wildman–Crippen LogP) is 5.26. The van der Waals surface area contributed by atoms with E-state index >= 15 is 0 Å². The number of hydrogen-bond donors (Lipinski definition) is 3. The Labute approximate surface area is 203 Å². The highest BCUT2D eigenvalue weighted by molar-refractivity contribution is 6.06. The summed E-state index contributed by atoms with van der Waals surface area (Å²) in [7, 11) is 0. The van der Waals surface area contributed by atoms with E-state index < -0.39 is 5.91 Å². The van der Waals surface area contributed by atoms with Gasteiger partial charge in [-0.25, -0.2) is 5.43 Å². The van der Waals surface area contributed by atoms with Gasteiger partial charge in [0.1, 0.15) is 18.1 Å². The Morgan fingerprint density at radius 3 is 2.26 bits per heavy atom. The van der Waals surface area contributed by atoms with E-state index in [9.17, 15) is 14.7 Å². The van der Waals surface area contributed by atoms with E-state index in [2.05, 4.69) is 15.8 Å². The Morgan fingerprint density at radius 1 is 0.886 bits per heavy atom. The fourth-order valence-electron chi connectivity index (χ4n) is 3.47. The molecule has 35 heavy (non-hydrogen) atoms. The van der Waals surface area contributed by atoms with Crippen LogP contribution in [0.4, 0.5) is 5.69 Å². The highest BCUT2D eigenvalue weighted by atomic mass is 16.5. The van der Waals surface area contributed by atoms with Crippen molar-refractivity contribution in [2.24, 2.45) is 5.10 Å². The third-order valence-corrected chi connectivity index (χ3v) is 5.26. The van der Waals surface area contributed by atoms with Crippen molar-refractivity contribution in [3.8, 4) is 11.5 Å². The van der Waals surface area contributed by atoms with Gasteiger partial charge in [-0.1, -0.05) is 54.6 Å². The van der Waals surface area contributed by atoms with Crippen LogP contribution in [0.5, 0.6) is 11.5 Å². The standard InChI is InChI=1S/C28H25N3O4/c1-19(30-31-28(34)25-16-21-9-5-6-10-22(21)17-26(25)32)15-27(33)29-23-11-13-24(14-12-23)35-18-20-7-3-2-4-8-20/h2-14,16-17,32H,15,18H2,1H3,(H,29,33)(H,31,34). The first-order valence-corrected chi connectivity index (χ1v) is 11.1. The van der Waals surface area contributed by atoms with Crippen molar-refractivity contribution in [3.63, 3.8) is 0 Å². The maximum absolute atomic E-state index is 12.5. The largest absolute Gasteiger partial charge is 0.507 e. The normalized spacial score (nSPS) is 11.2. The number of rotatable bonds is 8. The fraction of sp³-hybridized carbons (Fsp3) is 0.107. The minimum absolute atomic E-state index is 0.00373. The minimum atomic E-state index is -0.556. The molecule has 4 aromatic carbocycles. The van der Waals surface area contributed by atoms with Crippen molar-refractivity contribution >= 4 is 34.0 Å². The summed E-state index contributed by atoms with van der Waals surface area (Å²) in [6, 6.07) is 27.5. The molecule has 0 fully saturated rings. The molecule has 3 N–H and O–H groups in total. The lowest BCUT2D eigenvalue weighted by Gasteiger charge is -2.09. The van der Waals surface area contributed by atoms with Crippen molar-refractivity contribution in [1.82, 2.24) is 5.43 Å². The maximum Gasteiger partial charge on any atom is 0.275 e. The molecule has 4 rings (SSSR count). The van der Waals surface area contributed by atoms with Crippen LogP contribution in [0, 0.1) is 0 Å². The molecule has 0 bridgehead atoms. The monoisotopic (exact) mass is 467 g/mol. The molecule has 0 aromatic heterocycles. The SMILES string of the molecule is CC(CC(=O)Nc1ccc(OCc2ccccc2)cc1)=NNC(=O)c1cc2ccccc2cc1O. The summed E-state index contributed by atoms with van der Waals surface area (Å²) in [4.78, 5) is 24.8. The van der Waals surface area contributed by atoms with Crippen LogP contribution in [0.3, 0.4) is 0 Å². The van der Waals surface area contributed by atoms with Crippen LogP contribution in [0.1, 0.15) is 29.3 Å². The molecular weight excluding hydrogens is 442 g/mol. The lowest BCUT2D eigenvalue weighted by molar-refractivity contribution is -0.115. The highest BCUT2D eigenvalue weighted by Gasteiger charge is 2.13. The number of phenols is 1. The third kappa shape index (κ3) is 6.45. The lowest BCUT2D eigenvalue weighted by atomic mass is 10.1. The van der Waals surface area contributed by atoms with E-state index in [1.54, 1.807) is 37.3 Å². The van der Waals surface area contributed by atoms with E-state index in [1.807, 2.05) is 54.6 Å². The van der Waals surface area contributed by atoms with Crippen LogP contribution in [0.15, 0.2) is 96.1 Å². The Balaban J connectivity index is 1.28. The molecule has 0 saturated carbocycles. The number of anilines is 1. The Bertz CT molecular complexity index is 1370. The molecule has 0 aliphatic heterocycles. The van der Waals surface area contributed by atoms with Gasteiger partial charge in [-0.05, 0) is 59.7 Å². The number of aromatic hydroxyl groups is 1. The second-order valence-electron chi connectivity index (χ2n) is 8.03. The Kier molecular flexibility index (Phi) is 7.37. The first-order chi connectivity index (χ1) is 17.0. The molecule has 0 aliphatic carbocycles.